The summed E-state index contributed by atoms with van der Waals surface area (Å²) < 4.78 is 18.5. The van der Waals surface area contributed by atoms with Gasteiger partial charge in [-0.05, 0) is 18.2 Å². The van der Waals surface area contributed by atoms with E-state index in [0.717, 1.165) is 18.2 Å². The molecule has 0 aromatic heterocycles. The number of benzene rings is 1. The molecule has 0 aliphatic carbocycles. The Morgan fingerprint density at radius 2 is 2.10 bits per heavy atom. The molecule has 11 nitrogen and oxygen atoms in total. The second-order valence-corrected chi connectivity index (χ2v) is 7.43. The van der Waals surface area contributed by atoms with Gasteiger partial charge < -0.3 is 40.9 Å². The van der Waals surface area contributed by atoms with Crippen molar-refractivity contribution in [1.82, 2.24) is 20.9 Å². The van der Waals surface area contributed by atoms with Crippen LogP contribution >= 0.6 is 11.6 Å². The summed E-state index contributed by atoms with van der Waals surface area (Å²) in [5.41, 5.74) is -2.02. The van der Waals surface area contributed by atoms with Crippen molar-refractivity contribution in [2.24, 2.45) is 0 Å². The number of rotatable bonds is 3. The zero-order valence-corrected chi connectivity index (χ0v) is 15.5. The van der Waals surface area contributed by atoms with E-state index >= 15 is 0 Å². The van der Waals surface area contributed by atoms with Crippen LogP contribution in [0.3, 0.4) is 0 Å². The van der Waals surface area contributed by atoms with Crippen molar-refractivity contribution in [3.63, 3.8) is 0 Å². The van der Waals surface area contributed by atoms with Crippen LogP contribution in [-0.2, 0) is 4.74 Å². The molecule has 0 bridgehead atoms. The molecule has 4 atom stereocenters. The van der Waals surface area contributed by atoms with E-state index in [2.05, 4.69) is 16.0 Å². The molecule has 8 N–H and O–H groups in total. The minimum absolute atomic E-state index is 0.172. The van der Waals surface area contributed by atoms with Crippen molar-refractivity contribution in [2.45, 2.75) is 29.6 Å². The summed E-state index contributed by atoms with van der Waals surface area (Å²) >= 11 is 5.87. The molecule has 4 rings (SSSR count). The molecule has 1 spiro atoms. The van der Waals surface area contributed by atoms with Crippen LogP contribution in [0.25, 0.3) is 0 Å². The van der Waals surface area contributed by atoms with E-state index in [9.17, 15) is 24.5 Å². The lowest BCUT2D eigenvalue weighted by atomic mass is 9.85. The van der Waals surface area contributed by atoms with Gasteiger partial charge in [-0.3, -0.25) is 10.8 Å². The molecule has 3 fully saturated rings. The lowest BCUT2D eigenvalue weighted by Crippen LogP contribution is -2.80. The zero-order valence-electron chi connectivity index (χ0n) is 14.7. The number of halogens is 2. The molecule has 3 heterocycles. The highest BCUT2D eigenvalue weighted by Gasteiger charge is 2.75. The normalized spacial score (nSPS) is 32.0. The Hall–Kier alpha value is -2.67. The van der Waals surface area contributed by atoms with Gasteiger partial charge in [0, 0.05) is 0 Å². The van der Waals surface area contributed by atoms with E-state index in [1.807, 2.05) is 0 Å². The second kappa shape index (κ2) is 6.42. The molecule has 3 aliphatic rings. The van der Waals surface area contributed by atoms with E-state index in [0.29, 0.717) is 0 Å². The van der Waals surface area contributed by atoms with E-state index in [1.54, 1.807) is 0 Å². The predicted octanol–water partition coefficient (Wildman–Crippen LogP) is -1.91. The summed E-state index contributed by atoms with van der Waals surface area (Å²) in [5.74, 6) is -4.94. The second-order valence-electron chi connectivity index (χ2n) is 7.03. The lowest BCUT2D eigenvalue weighted by Gasteiger charge is -2.50. The number of carbonyl (C=O) groups is 1. The van der Waals surface area contributed by atoms with E-state index in [-0.39, 0.29) is 29.0 Å². The molecule has 1 aromatic carbocycles. The maximum absolute atomic E-state index is 13.2. The first-order valence-electron chi connectivity index (χ1n) is 8.59. The van der Waals surface area contributed by atoms with Gasteiger partial charge in [0.2, 0.25) is 5.79 Å². The Morgan fingerprint density at radius 1 is 1.38 bits per heavy atom. The Balaban J connectivity index is 1.68. The maximum Gasteiger partial charge on any atom is 0.340 e. The van der Waals surface area contributed by atoms with E-state index in [1.165, 1.54) is 4.90 Å². The van der Waals surface area contributed by atoms with Crippen molar-refractivity contribution < 1.29 is 29.2 Å². The first-order chi connectivity index (χ1) is 13.6. The van der Waals surface area contributed by atoms with Gasteiger partial charge in [-0.15, -0.1) is 0 Å². The quantitative estimate of drug-likeness (QED) is 0.202. The third kappa shape index (κ3) is 2.64. The fraction of sp³-hybridized carbons (Fsp3) is 0.438. The smallest absolute Gasteiger partial charge is 0.340 e. The van der Waals surface area contributed by atoms with Crippen LogP contribution in [0.5, 0.6) is 0 Å². The van der Waals surface area contributed by atoms with E-state index in [4.69, 9.17) is 27.2 Å². The van der Waals surface area contributed by atoms with E-state index < -0.39 is 48.0 Å². The van der Waals surface area contributed by atoms with Gasteiger partial charge in [0.1, 0.15) is 5.82 Å². The van der Waals surface area contributed by atoms with Crippen LogP contribution in [-0.4, -0.2) is 80.9 Å². The van der Waals surface area contributed by atoms with Crippen LogP contribution in [0, 0.1) is 16.6 Å². The lowest BCUT2D eigenvalue weighted by molar-refractivity contribution is -0.258. The molecule has 1 unspecified atom stereocenters. The largest absolute Gasteiger partial charge is 0.451 e. The van der Waals surface area contributed by atoms with Gasteiger partial charge in [-0.25, -0.2) is 9.18 Å². The topological polar surface area (TPSA) is 174 Å². The molecular weight excluding hydrogens is 411 g/mol. The summed E-state index contributed by atoms with van der Waals surface area (Å²) in [6, 6.07) is 1.27. The van der Waals surface area contributed by atoms with Crippen LogP contribution in [0.2, 0.25) is 5.02 Å². The third-order valence-corrected chi connectivity index (χ3v) is 5.75. The molecule has 0 radical (unpaired) electrons. The van der Waals surface area contributed by atoms with Crippen molar-refractivity contribution in [1.29, 1.82) is 10.8 Å². The first-order valence-corrected chi connectivity index (χ1v) is 8.97. The van der Waals surface area contributed by atoms with Gasteiger partial charge in [0.05, 0.1) is 35.8 Å². The summed E-state index contributed by atoms with van der Waals surface area (Å²) in [6.45, 7) is -0.768. The highest BCUT2D eigenvalue weighted by molar-refractivity contribution is 6.33. The number of carbonyl (C=O) groups excluding carboxylic acids is 1. The fourth-order valence-corrected chi connectivity index (χ4v) is 4.36. The predicted molar refractivity (Wildman–Crippen MR) is 96.7 cm³/mol. The number of hydrogen-bond acceptors (Lipinski definition) is 7. The Morgan fingerprint density at radius 3 is 2.76 bits per heavy atom. The van der Waals surface area contributed by atoms with Crippen molar-refractivity contribution in [3.8, 4) is 0 Å². The first kappa shape index (κ1) is 19.6. The Bertz CT molecular complexity index is 916. The highest BCUT2D eigenvalue weighted by atomic mass is 35.5. The molecule has 0 saturated carbocycles. The number of hydrogen-bond donors (Lipinski definition) is 8. The number of esters is 1. The van der Waals surface area contributed by atoms with Crippen LogP contribution in [0.1, 0.15) is 10.4 Å². The zero-order chi connectivity index (χ0) is 21.1. The summed E-state index contributed by atoms with van der Waals surface area (Å²) in [4.78, 5) is 13.7. The SMILES string of the molecule is N=C1N[C@H]2[C@H](CO)NC(=N)N3C[C@H](OC(=O)c4ccc(F)cc4Cl)C(O)(O)C23N1. The maximum atomic E-state index is 13.2. The summed E-state index contributed by atoms with van der Waals surface area (Å²) in [5, 5.41) is 55.5. The summed E-state index contributed by atoms with van der Waals surface area (Å²) in [6.07, 6.45) is -1.56. The number of nitrogens with one attached hydrogen (secondary N) is 5. The average Bonchev–Trinajstić information content (AvgIpc) is 3.10. The molecule has 156 valence electrons. The summed E-state index contributed by atoms with van der Waals surface area (Å²) in [7, 11) is 0. The Labute approximate surface area is 168 Å². The minimum atomic E-state index is -2.77. The fourth-order valence-electron chi connectivity index (χ4n) is 4.12. The van der Waals surface area contributed by atoms with Gasteiger partial charge in [-0.1, -0.05) is 11.6 Å². The van der Waals surface area contributed by atoms with Gasteiger partial charge >= 0.3 is 5.97 Å². The standard InChI is InChI=1S/C16H18ClFN6O5/c17-8-3-6(18)1-2-7(8)12(26)29-10-4-24-14(20)21-9(5-25)11-15(24,16(10,27)28)23-13(19)22-11/h1-3,9-11,25,27-28H,4-5H2,(H2,20,21)(H3,19,22,23)/t9-,10-,11-,15?/m0/s1. The number of aliphatic hydroxyl groups excluding tert-OH is 1. The van der Waals surface area contributed by atoms with Crippen LogP contribution < -0.4 is 16.0 Å². The van der Waals surface area contributed by atoms with Gasteiger partial charge in [-0.2, -0.15) is 0 Å². The molecule has 3 saturated heterocycles. The molecule has 1 aromatic rings. The van der Waals surface area contributed by atoms with Crippen LogP contribution in [0.4, 0.5) is 4.39 Å². The molecule has 29 heavy (non-hydrogen) atoms. The Kier molecular flexibility index (Phi) is 4.35. The van der Waals surface area contributed by atoms with Gasteiger partial charge in [0.15, 0.2) is 23.7 Å². The highest BCUT2D eigenvalue weighted by Crippen LogP contribution is 2.44. The monoisotopic (exact) mass is 428 g/mol. The van der Waals surface area contributed by atoms with Crippen LogP contribution in [0.15, 0.2) is 18.2 Å². The average molecular weight is 429 g/mol. The number of ether oxygens (including phenoxy) is 1. The number of nitrogens with zero attached hydrogens (tertiary/aromatic N) is 1. The van der Waals surface area contributed by atoms with Gasteiger partial charge in [0.25, 0.3) is 0 Å². The number of guanidine groups is 2. The van der Waals surface area contributed by atoms with Crippen molar-refractivity contribution >= 4 is 29.5 Å². The molecular formula is C16H18ClFN6O5. The molecule has 3 aliphatic heterocycles. The minimum Gasteiger partial charge on any atom is -0.451 e. The van der Waals surface area contributed by atoms with Crippen molar-refractivity contribution in [2.75, 3.05) is 13.2 Å². The third-order valence-electron chi connectivity index (χ3n) is 5.44. The molecule has 13 heteroatoms. The van der Waals surface area contributed by atoms with Crippen molar-refractivity contribution in [3.05, 3.63) is 34.6 Å². The number of aliphatic hydroxyl groups is 3. The molecule has 0 amide bonds.